The molecule has 0 heterocycles. The minimum Gasteiger partial charge on any atom is -0.394 e. The van der Waals surface area contributed by atoms with Gasteiger partial charge in [-0.25, -0.2) is 8.78 Å². The fourth-order valence-corrected chi connectivity index (χ4v) is 2.12. The molecule has 2 N–H and O–H groups in total. The van der Waals surface area contributed by atoms with Gasteiger partial charge in [-0.15, -0.1) is 11.8 Å². The summed E-state index contributed by atoms with van der Waals surface area (Å²) < 4.78 is 25.7. The van der Waals surface area contributed by atoms with Gasteiger partial charge in [0.05, 0.1) is 18.4 Å². The van der Waals surface area contributed by atoms with Crippen molar-refractivity contribution >= 4 is 17.7 Å². The molecule has 1 aromatic carbocycles. The lowest BCUT2D eigenvalue weighted by Crippen LogP contribution is -2.41. The van der Waals surface area contributed by atoms with Gasteiger partial charge in [-0.2, -0.15) is 0 Å². The van der Waals surface area contributed by atoms with Gasteiger partial charge < -0.3 is 10.4 Å². The van der Waals surface area contributed by atoms with Crippen molar-refractivity contribution in [3.63, 3.8) is 0 Å². The van der Waals surface area contributed by atoms with E-state index in [-0.39, 0.29) is 30.2 Å². The fourth-order valence-electron chi connectivity index (χ4n) is 1.39. The summed E-state index contributed by atoms with van der Waals surface area (Å²) in [5.74, 6) is -1.87. The average molecular weight is 289 g/mol. The molecule has 0 aromatic heterocycles. The van der Waals surface area contributed by atoms with Crippen molar-refractivity contribution in [1.29, 1.82) is 0 Å². The first-order chi connectivity index (χ1) is 8.93. The Morgan fingerprint density at radius 1 is 1.37 bits per heavy atom. The lowest BCUT2D eigenvalue weighted by atomic mass is 10.1. The van der Waals surface area contributed by atoms with Gasteiger partial charge in [-0.1, -0.05) is 13.8 Å². The van der Waals surface area contributed by atoms with Crippen molar-refractivity contribution < 1.29 is 18.7 Å². The summed E-state index contributed by atoms with van der Waals surface area (Å²) in [6.45, 7) is 3.66. The topological polar surface area (TPSA) is 49.3 Å². The summed E-state index contributed by atoms with van der Waals surface area (Å²) in [4.78, 5) is 12.1. The molecule has 0 bridgehead atoms. The van der Waals surface area contributed by atoms with Crippen LogP contribution in [0.15, 0.2) is 23.1 Å². The van der Waals surface area contributed by atoms with Crippen LogP contribution in [0.2, 0.25) is 0 Å². The van der Waals surface area contributed by atoms with E-state index in [9.17, 15) is 13.6 Å². The smallest absolute Gasteiger partial charge is 0.230 e. The van der Waals surface area contributed by atoms with E-state index >= 15 is 0 Å². The molecule has 0 saturated heterocycles. The number of thioether (sulfide) groups is 1. The summed E-state index contributed by atoms with van der Waals surface area (Å²) in [5, 5.41) is 11.8. The molecule has 0 aliphatic carbocycles. The minimum absolute atomic E-state index is 0.0916. The number of aliphatic hydroxyl groups is 1. The normalized spacial score (nSPS) is 12.5. The number of nitrogens with one attached hydrogen (secondary N) is 1. The second kappa shape index (κ2) is 7.45. The summed E-state index contributed by atoms with van der Waals surface area (Å²) in [6, 6.07) is 3.21. The maximum Gasteiger partial charge on any atom is 0.230 e. The van der Waals surface area contributed by atoms with Crippen LogP contribution in [-0.4, -0.2) is 29.4 Å². The Kier molecular flexibility index (Phi) is 6.24. The van der Waals surface area contributed by atoms with E-state index in [0.717, 1.165) is 23.9 Å². The number of rotatable bonds is 6. The van der Waals surface area contributed by atoms with Crippen LogP contribution >= 0.6 is 11.8 Å². The third-order valence-corrected chi connectivity index (χ3v) is 3.60. The summed E-state index contributed by atoms with van der Waals surface area (Å²) in [6.07, 6.45) is 0. The highest BCUT2D eigenvalue weighted by molar-refractivity contribution is 8.00. The molecular formula is C13H17F2NO2S. The first-order valence-electron chi connectivity index (χ1n) is 5.92. The molecule has 106 valence electrons. The van der Waals surface area contributed by atoms with Gasteiger partial charge in [-0.3, -0.25) is 4.79 Å². The predicted molar refractivity (Wildman–Crippen MR) is 70.9 cm³/mol. The van der Waals surface area contributed by atoms with Crippen LogP contribution < -0.4 is 5.32 Å². The molecule has 0 fully saturated rings. The second-order valence-electron chi connectivity index (χ2n) is 4.47. The molecule has 0 spiro atoms. The number of amides is 1. The number of carbonyl (C=O) groups is 1. The monoisotopic (exact) mass is 289 g/mol. The standard InChI is InChI=1S/C13H17F2NO2S/c1-8(2)12(6-17)16-13(18)7-19-9-3-4-10(14)11(15)5-9/h3-5,8,12,17H,6-7H2,1-2H3,(H,16,18). The summed E-state index contributed by atoms with van der Waals surface area (Å²) in [7, 11) is 0. The molecule has 1 atom stereocenters. The van der Waals surface area contributed by atoms with Crippen LogP contribution in [0.4, 0.5) is 8.78 Å². The maximum atomic E-state index is 13.0. The molecule has 0 aliphatic heterocycles. The van der Waals surface area contributed by atoms with Crippen molar-refractivity contribution in [3.05, 3.63) is 29.8 Å². The number of benzene rings is 1. The van der Waals surface area contributed by atoms with Crippen molar-refractivity contribution in [2.45, 2.75) is 24.8 Å². The molecule has 19 heavy (non-hydrogen) atoms. The number of carbonyl (C=O) groups excluding carboxylic acids is 1. The Labute approximate surface area is 115 Å². The molecule has 1 rings (SSSR count). The molecular weight excluding hydrogens is 272 g/mol. The van der Waals surface area contributed by atoms with E-state index in [0.29, 0.717) is 4.90 Å². The fraction of sp³-hybridized carbons (Fsp3) is 0.462. The van der Waals surface area contributed by atoms with Crippen LogP contribution in [0, 0.1) is 17.6 Å². The quantitative estimate of drug-likeness (QED) is 0.789. The molecule has 0 radical (unpaired) electrons. The SMILES string of the molecule is CC(C)C(CO)NC(=O)CSc1ccc(F)c(F)c1. The van der Waals surface area contributed by atoms with Gasteiger partial charge in [0.2, 0.25) is 5.91 Å². The van der Waals surface area contributed by atoms with Crippen LogP contribution in [0.1, 0.15) is 13.8 Å². The zero-order valence-corrected chi connectivity index (χ0v) is 11.6. The molecule has 1 unspecified atom stereocenters. The number of aliphatic hydroxyl groups excluding tert-OH is 1. The third-order valence-electron chi connectivity index (χ3n) is 2.61. The van der Waals surface area contributed by atoms with Crippen LogP contribution in [0.3, 0.4) is 0 Å². The average Bonchev–Trinajstić information content (AvgIpc) is 2.37. The second-order valence-corrected chi connectivity index (χ2v) is 5.51. The lowest BCUT2D eigenvalue weighted by molar-refractivity contribution is -0.119. The van der Waals surface area contributed by atoms with E-state index in [1.165, 1.54) is 6.07 Å². The van der Waals surface area contributed by atoms with E-state index < -0.39 is 11.6 Å². The Bertz CT molecular complexity index is 441. The van der Waals surface area contributed by atoms with E-state index in [4.69, 9.17) is 5.11 Å². The van der Waals surface area contributed by atoms with Gasteiger partial charge in [0.25, 0.3) is 0 Å². The highest BCUT2D eigenvalue weighted by Crippen LogP contribution is 2.20. The van der Waals surface area contributed by atoms with Gasteiger partial charge in [-0.05, 0) is 24.1 Å². The first-order valence-corrected chi connectivity index (χ1v) is 6.90. The van der Waals surface area contributed by atoms with E-state index in [1.807, 2.05) is 13.8 Å². The molecule has 0 saturated carbocycles. The van der Waals surface area contributed by atoms with E-state index in [2.05, 4.69) is 5.32 Å². The summed E-state index contributed by atoms with van der Waals surface area (Å²) in [5.41, 5.74) is 0. The first kappa shape index (κ1) is 15.9. The number of halogens is 2. The van der Waals surface area contributed by atoms with Crippen molar-refractivity contribution in [2.75, 3.05) is 12.4 Å². The largest absolute Gasteiger partial charge is 0.394 e. The van der Waals surface area contributed by atoms with Gasteiger partial charge >= 0.3 is 0 Å². The molecule has 0 aliphatic rings. The Hall–Kier alpha value is -1.14. The Balaban J connectivity index is 2.47. The van der Waals surface area contributed by atoms with Crippen molar-refractivity contribution in [2.24, 2.45) is 5.92 Å². The van der Waals surface area contributed by atoms with E-state index in [1.54, 1.807) is 0 Å². The minimum atomic E-state index is -0.930. The molecule has 1 amide bonds. The number of hydrogen-bond acceptors (Lipinski definition) is 3. The van der Waals surface area contributed by atoms with Gasteiger partial charge in [0.15, 0.2) is 11.6 Å². The molecule has 1 aromatic rings. The molecule has 6 heteroatoms. The van der Waals surface area contributed by atoms with Crippen LogP contribution in [0.25, 0.3) is 0 Å². The highest BCUT2D eigenvalue weighted by atomic mass is 32.2. The van der Waals surface area contributed by atoms with Gasteiger partial charge in [0, 0.05) is 4.90 Å². The lowest BCUT2D eigenvalue weighted by Gasteiger charge is -2.19. The Morgan fingerprint density at radius 2 is 2.05 bits per heavy atom. The summed E-state index contributed by atoms with van der Waals surface area (Å²) >= 11 is 1.12. The maximum absolute atomic E-state index is 13.0. The molecule has 3 nitrogen and oxygen atoms in total. The zero-order chi connectivity index (χ0) is 14.4. The highest BCUT2D eigenvalue weighted by Gasteiger charge is 2.15. The van der Waals surface area contributed by atoms with Crippen molar-refractivity contribution in [1.82, 2.24) is 5.32 Å². The van der Waals surface area contributed by atoms with Crippen LogP contribution in [-0.2, 0) is 4.79 Å². The van der Waals surface area contributed by atoms with Crippen molar-refractivity contribution in [3.8, 4) is 0 Å². The predicted octanol–water partition coefficient (Wildman–Crippen LogP) is 2.19. The number of hydrogen-bond donors (Lipinski definition) is 2. The third kappa shape index (κ3) is 5.16. The zero-order valence-electron chi connectivity index (χ0n) is 10.8. The van der Waals surface area contributed by atoms with Gasteiger partial charge in [0.1, 0.15) is 0 Å². The Morgan fingerprint density at radius 3 is 2.58 bits per heavy atom. The van der Waals surface area contributed by atoms with Crippen LogP contribution in [0.5, 0.6) is 0 Å².